The van der Waals surface area contributed by atoms with Crippen molar-refractivity contribution in [1.29, 1.82) is 0 Å². The average Bonchev–Trinajstić information content (AvgIpc) is 2.82. The zero-order chi connectivity index (χ0) is 13.6. The normalized spacial score (nSPS) is 11.1. The van der Waals surface area contributed by atoms with Crippen molar-refractivity contribution in [2.75, 3.05) is 0 Å². The molecule has 0 saturated heterocycles. The second-order valence-electron chi connectivity index (χ2n) is 4.12. The molecule has 0 amide bonds. The standard InChI is InChI=1S/C13H9FN2OS2/c1-7-9(14)3-2-4-10(7)16-12(17)8-5-6-19-11(8)15-13(16)18/h2-6H,1H3,(H,15,18). The molecule has 0 bridgehead atoms. The van der Waals surface area contributed by atoms with Crippen molar-refractivity contribution in [3.8, 4) is 5.69 Å². The summed E-state index contributed by atoms with van der Waals surface area (Å²) in [6, 6.07) is 6.34. The molecule has 1 N–H and O–H groups in total. The molecular weight excluding hydrogens is 283 g/mol. The van der Waals surface area contributed by atoms with E-state index in [4.69, 9.17) is 12.2 Å². The first-order valence-electron chi connectivity index (χ1n) is 5.57. The fourth-order valence-electron chi connectivity index (χ4n) is 2.00. The Kier molecular flexibility index (Phi) is 2.83. The molecule has 0 atom stereocenters. The molecule has 0 aliphatic heterocycles. The van der Waals surface area contributed by atoms with Gasteiger partial charge in [-0.2, -0.15) is 0 Å². The van der Waals surface area contributed by atoms with E-state index in [1.165, 1.54) is 22.0 Å². The number of halogens is 1. The van der Waals surface area contributed by atoms with E-state index in [1.807, 2.05) is 5.38 Å². The number of fused-ring (bicyclic) bond motifs is 1. The molecule has 96 valence electrons. The molecule has 3 rings (SSSR count). The number of hydrogen-bond donors (Lipinski definition) is 1. The summed E-state index contributed by atoms with van der Waals surface area (Å²) >= 11 is 6.63. The maximum Gasteiger partial charge on any atom is 0.267 e. The lowest BCUT2D eigenvalue weighted by Crippen LogP contribution is -2.20. The first-order valence-corrected chi connectivity index (χ1v) is 6.86. The number of aromatic amines is 1. The molecule has 0 aliphatic carbocycles. The molecule has 0 radical (unpaired) electrons. The van der Waals surface area contributed by atoms with E-state index in [1.54, 1.807) is 25.1 Å². The van der Waals surface area contributed by atoms with Crippen LogP contribution in [0.1, 0.15) is 5.56 Å². The highest BCUT2D eigenvalue weighted by Gasteiger charge is 2.11. The molecule has 6 heteroatoms. The monoisotopic (exact) mass is 292 g/mol. The summed E-state index contributed by atoms with van der Waals surface area (Å²) in [6.45, 7) is 1.63. The third kappa shape index (κ3) is 1.84. The number of rotatable bonds is 1. The topological polar surface area (TPSA) is 37.8 Å². The van der Waals surface area contributed by atoms with Gasteiger partial charge < -0.3 is 4.98 Å². The number of nitrogens with zero attached hydrogens (tertiary/aromatic N) is 1. The first kappa shape index (κ1) is 12.3. The number of benzene rings is 1. The molecule has 19 heavy (non-hydrogen) atoms. The van der Waals surface area contributed by atoms with Crippen LogP contribution in [0.15, 0.2) is 34.4 Å². The second-order valence-corrected chi connectivity index (χ2v) is 5.42. The highest BCUT2D eigenvalue weighted by atomic mass is 32.1. The fraction of sp³-hybridized carbons (Fsp3) is 0.0769. The molecule has 0 aliphatic rings. The Morgan fingerprint density at radius 3 is 2.95 bits per heavy atom. The van der Waals surface area contributed by atoms with Crippen LogP contribution in [0.25, 0.3) is 15.9 Å². The maximum absolute atomic E-state index is 13.6. The number of thiophene rings is 1. The predicted molar refractivity (Wildman–Crippen MR) is 77.3 cm³/mol. The molecular formula is C13H9FN2OS2. The molecule has 2 aromatic heterocycles. The maximum atomic E-state index is 13.6. The van der Waals surface area contributed by atoms with Crippen molar-refractivity contribution >= 4 is 33.8 Å². The lowest BCUT2D eigenvalue weighted by Gasteiger charge is -2.10. The van der Waals surface area contributed by atoms with Gasteiger partial charge in [-0.15, -0.1) is 11.3 Å². The Bertz CT molecular complexity index is 892. The van der Waals surface area contributed by atoms with Gasteiger partial charge in [-0.05, 0) is 42.7 Å². The van der Waals surface area contributed by atoms with E-state index in [-0.39, 0.29) is 16.1 Å². The molecule has 0 unspecified atom stereocenters. The number of hydrogen-bond acceptors (Lipinski definition) is 3. The van der Waals surface area contributed by atoms with E-state index >= 15 is 0 Å². The van der Waals surface area contributed by atoms with Crippen LogP contribution < -0.4 is 5.56 Å². The van der Waals surface area contributed by atoms with Crippen LogP contribution in [0, 0.1) is 17.5 Å². The van der Waals surface area contributed by atoms with Gasteiger partial charge >= 0.3 is 0 Å². The van der Waals surface area contributed by atoms with Crippen LogP contribution >= 0.6 is 23.6 Å². The SMILES string of the molecule is Cc1c(F)cccc1-n1c(=S)[nH]c2sccc2c1=O. The highest BCUT2D eigenvalue weighted by molar-refractivity contribution is 7.71. The van der Waals surface area contributed by atoms with Crippen LogP contribution in [-0.4, -0.2) is 9.55 Å². The number of nitrogens with one attached hydrogen (secondary N) is 1. The Hall–Kier alpha value is -1.79. The van der Waals surface area contributed by atoms with Gasteiger partial charge in [0.2, 0.25) is 0 Å². The largest absolute Gasteiger partial charge is 0.323 e. The van der Waals surface area contributed by atoms with Gasteiger partial charge in [0.15, 0.2) is 4.77 Å². The van der Waals surface area contributed by atoms with Crippen LogP contribution in [0.2, 0.25) is 0 Å². The lowest BCUT2D eigenvalue weighted by atomic mass is 10.2. The molecule has 3 aromatic rings. The summed E-state index contributed by atoms with van der Waals surface area (Å²) in [5.41, 5.74) is 0.645. The zero-order valence-electron chi connectivity index (χ0n) is 9.94. The minimum Gasteiger partial charge on any atom is -0.323 e. The Labute approximate surface area is 117 Å². The summed E-state index contributed by atoms with van der Waals surface area (Å²) in [5.74, 6) is -0.357. The van der Waals surface area contributed by atoms with E-state index in [9.17, 15) is 9.18 Å². The van der Waals surface area contributed by atoms with Gasteiger partial charge in [-0.25, -0.2) is 4.39 Å². The highest BCUT2D eigenvalue weighted by Crippen LogP contribution is 2.19. The third-order valence-electron chi connectivity index (χ3n) is 3.00. The second kappa shape index (κ2) is 4.40. The van der Waals surface area contributed by atoms with Gasteiger partial charge in [-0.3, -0.25) is 9.36 Å². The lowest BCUT2D eigenvalue weighted by molar-refractivity contribution is 0.616. The summed E-state index contributed by atoms with van der Waals surface area (Å²) < 4.78 is 15.2. The van der Waals surface area contributed by atoms with Gasteiger partial charge in [-0.1, -0.05) is 6.07 Å². The summed E-state index contributed by atoms with van der Waals surface area (Å²) in [7, 11) is 0. The quantitative estimate of drug-likeness (QED) is 0.696. The number of H-pyrrole nitrogens is 1. The van der Waals surface area contributed by atoms with Crippen molar-refractivity contribution in [2.45, 2.75) is 6.92 Å². The number of aromatic nitrogens is 2. The Morgan fingerprint density at radius 2 is 2.16 bits per heavy atom. The zero-order valence-corrected chi connectivity index (χ0v) is 11.6. The predicted octanol–water partition coefficient (Wildman–Crippen LogP) is 3.56. The smallest absolute Gasteiger partial charge is 0.267 e. The van der Waals surface area contributed by atoms with Crippen LogP contribution in [0.5, 0.6) is 0 Å². The van der Waals surface area contributed by atoms with Crippen molar-refractivity contribution in [3.63, 3.8) is 0 Å². The van der Waals surface area contributed by atoms with Crippen molar-refractivity contribution in [3.05, 3.63) is 56.2 Å². The van der Waals surface area contributed by atoms with Crippen molar-refractivity contribution in [2.24, 2.45) is 0 Å². The summed E-state index contributed by atoms with van der Waals surface area (Å²) in [4.78, 5) is 16.2. The molecule has 0 saturated carbocycles. The minimum atomic E-state index is -0.357. The van der Waals surface area contributed by atoms with Gasteiger partial charge in [0.1, 0.15) is 10.6 Å². The molecule has 2 heterocycles. The van der Waals surface area contributed by atoms with Crippen LogP contribution in [-0.2, 0) is 0 Å². The van der Waals surface area contributed by atoms with Crippen molar-refractivity contribution in [1.82, 2.24) is 9.55 Å². The average molecular weight is 292 g/mol. The molecule has 1 aromatic carbocycles. The Balaban J connectivity index is 2.46. The fourth-order valence-corrected chi connectivity index (χ4v) is 3.12. The third-order valence-corrected chi connectivity index (χ3v) is 4.12. The van der Waals surface area contributed by atoms with E-state index in [2.05, 4.69) is 4.98 Å². The van der Waals surface area contributed by atoms with Crippen LogP contribution in [0.3, 0.4) is 0 Å². The van der Waals surface area contributed by atoms with Crippen molar-refractivity contribution < 1.29 is 4.39 Å². The van der Waals surface area contributed by atoms with E-state index in [0.29, 0.717) is 16.6 Å². The summed E-state index contributed by atoms with van der Waals surface area (Å²) in [6.07, 6.45) is 0. The molecule has 0 spiro atoms. The molecule has 0 fully saturated rings. The van der Waals surface area contributed by atoms with Gasteiger partial charge in [0.05, 0.1) is 11.1 Å². The van der Waals surface area contributed by atoms with Gasteiger partial charge in [0, 0.05) is 5.56 Å². The Morgan fingerprint density at radius 1 is 1.37 bits per heavy atom. The van der Waals surface area contributed by atoms with E-state index < -0.39 is 0 Å². The molecule has 3 nitrogen and oxygen atoms in total. The summed E-state index contributed by atoms with van der Waals surface area (Å²) in [5, 5.41) is 2.38. The minimum absolute atomic E-state index is 0.228. The van der Waals surface area contributed by atoms with E-state index in [0.717, 1.165) is 4.83 Å². The first-order chi connectivity index (χ1) is 9.09. The van der Waals surface area contributed by atoms with Crippen LogP contribution in [0.4, 0.5) is 4.39 Å². The van der Waals surface area contributed by atoms with Gasteiger partial charge in [0.25, 0.3) is 5.56 Å².